The number of fused-ring (bicyclic) bond motifs is 1. The summed E-state index contributed by atoms with van der Waals surface area (Å²) in [6.45, 7) is 4.13. The van der Waals surface area contributed by atoms with Crippen LogP contribution < -0.4 is 5.32 Å². The van der Waals surface area contributed by atoms with E-state index < -0.39 is 0 Å². The molecule has 3 aromatic rings. The Labute approximate surface area is 147 Å². The molecule has 0 aliphatic heterocycles. The summed E-state index contributed by atoms with van der Waals surface area (Å²) in [6, 6.07) is 11.9. The number of hydrogen-bond acceptors (Lipinski definition) is 1. The highest BCUT2D eigenvalue weighted by molar-refractivity contribution is 6.32. The van der Waals surface area contributed by atoms with Gasteiger partial charge in [0.1, 0.15) is 0 Å². The number of aromatic nitrogens is 1. The lowest BCUT2D eigenvalue weighted by Gasteiger charge is -2.16. The molecule has 0 aliphatic rings. The van der Waals surface area contributed by atoms with Gasteiger partial charge in [0, 0.05) is 27.8 Å². The summed E-state index contributed by atoms with van der Waals surface area (Å²) in [5, 5.41) is 4.88. The second kappa shape index (κ2) is 7.10. The minimum Gasteiger partial charge on any atom is -0.361 e. The van der Waals surface area contributed by atoms with Crippen molar-refractivity contribution in [2.75, 3.05) is 5.32 Å². The first-order valence-electron chi connectivity index (χ1n) is 8.29. The Bertz CT molecular complexity index is 882. The van der Waals surface area contributed by atoms with Gasteiger partial charge in [-0.2, -0.15) is 0 Å². The highest BCUT2D eigenvalue weighted by Crippen LogP contribution is 2.30. The summed E-state index contributed by atoms with van der Waals surface area (Å²) in [4.78, 5) is 15.8. The SMILES string of the molecule is CCc1ccc(Cl)c(CC)c1NC(=O)Cc1c[nH]c2ccccc12. The molecule has 0 spiro atoms. The standard InChI is InChI=1S/C20H21ClN2O/c1-3-13-9-10-17(21)15(4-2)20(13)23-19(24)11-14-12-22-18-8-6-5-7-16(14)18/h5-10,12,22H,3-4,11H2,1-2H3,(H,23,24). The smallest absolute Gasteiger partial charge is 0.228 e. The minimum absolute atomic E-state index is 0.0218. The molecule has 0 fully saturated rings. The molecule has 0 atom stereocenters. The van der Waals surface area contributed by atoms with Crippen molar-refractivity contribution in [1.82, 2.24) is 4.98 Å². The molecule has 1 heterocycles. The van der Waals surface area contributed by atoms with Crippen molar-refractivity contribution in [3.05, 3.63) is 64.3 Å². The van der Waals surface area contributed by atoms with E-state index in [-0.39, 0.29) is 5.91 Å². The molecular formula is C20H21ClN2O. The fraction of sp³-hybridized carbons (Fsp3) is 0.250. The van der Waals surface area contributed by atoms with E-state index in [0.29, 0.717) is 11.4 Å². The number of rotatable bonds is 5. The van der Waals surface area contributed by atoms with Crippen molar-refractivity contribution < 1.29 is 4.79 Å². The van der Waals surface area contributed by atoms with Crippen LogP contribution >= 0.6 is 11.6 Å². The van der Waals surface area contributed by atoms with Crippen LogP contribution in [0.5, 0.6) is 0 Å². The largest absolute Gasteiger partial charge is 0.361 e. The van der Waals surface area contributed by atoms with Crippen LogP contribution in [0.1, 0.15) is 30.5 Å². The third kappa shape index (κ3) is 3.17. The van der Waals surface area contributed by atoms with Gasteiger partial charge < -0.3 is 10.3 Å². The zero-order valence-corrected chi connectivity index (χ0v) is 14.7. The van der Waals surface area contributed by atoms with Gasteiger partial charge in [0.25, 0.3) is 0 Å². The van der Waals surface area contributed by atoms with E-state index in [2.05, 4.69) is 24.1 Å². The summed E-state index contributed by atoms with van der Waals surface area (Å²) in [6.07, 6.45) is 3.88. The molecule has 2 aromatic carbocycles. The van der Waals surface area contributed by atoms with E-state index in [1.165, 1.54) is 0 Å². The van der Waals surface area contributed by atoms with Crippen molar-refractivity contribution in [2.24, 2.45) is 0 Å². The minimum atomic E-state index is -0.0218. The van der Waals surface area contributed by atoms with Gasteiger partial charge in [0.2, 0.25) is 5.91 Å². The summed E-state index contributed by atoms with van der Waals surface area (Å²) < 4.78 is 0. The van der Waals surface area contributed by atoms with Crippen molar-refractivity contribution in [3.63, 3.8) is 0 Å². The van der Waals surface area contributed by atoms with Crippen LogP contribution in [-0.4, -0.2) is 10.9 Å². The van der Waals surface area contributed by atoms with E-state index in [1.807, 2.05) is 42.6 Å². The molecule has 24 heavy (non-hydrogen) atoms. The summed E-state index contributed by atoms with van der Waals surface area (Å²) in [5.74, 6) is -0.0218. The van der Waals surface area contributed by atoms with Crippen LogP contribution in [0, 0.1) is 0 Å². The van der Waals surface area contributed by atoms with E-state index in [1.54, 1.807) is 0 Å². The highest BCUT2D eigenvalue weighted by Gasteiger charge is 2.14. The van der Waals surface area contributed by atoms with E-state index in [4.69, 9.17) is 11.6 Å². The zero-order valence-electron chi connectivity index (χ0n) is 13.9. The van der Waals surface area contributed by atoms with E-state index >= 15 is 0 Å². The summed E-state index contributed by atoms with van der Waals surface area (Å²) in [7, 11) is 0. The molecule has 2 N–H and O–H groups in total. The molecule has 0 saturated carbocycles. The lowest BCUT2D eigenvalue weighted by atomic mass is 10.0. The predicted molar refractivity (Wildman–Crippen MR) is 101 cm³/mol. The number of carbonyl (C=O) groups is 1. The summed E-state index contributed by atoms with van der Waals surface area (Å²) in [5.41, 5.74) is 5.04. The van der Waals surface area contributed by atoms with Crippen LogP contribution in [0.2, 0.25) is 5.02 Å². The lowest BCUT2D eigenvalue weighted by molar-refractivity contribution is -0.115. The topological polar surface area (TPSA) is 44.9 Å². The van der Waals surface area contributed by atoms with Crippen LogP contribution in [0.25, 0.3) is 10.9 Å². The second-order valence-electron chi connectivity index (χ2n) is 5.85. The van der Waals surface area contributed by atoms with Crippen molar-refractivity contribution >= 4 is 34.1 Å². The molecule has 0 saturated heterocycles. The Balaban J connectivity index is 1.86. The first-order chi connectivity index (χ1) is 11.6. The quantitative estimate of drug-likeness (QED) is 0.664. The van der Waals surface area contributed by atoms with E-state index in [0.717, 1.165) is 46.1 Å². The first kappa shape index (κ1) is 16.6. The monoisotopic (exact) mass is 340 g/mol. The fourth-order valence-electron chi connectivity index (χ4n) is 3.10. The van der Waals surface area contributed by atoms with Gasteiger partial charge in [-0.15, -0.1) is 0 Å². The van der Waals surface area contributed by atoms with E-state index in [9.17, 15) is 4.79 Å². The van der Waals surface area contributed by atoms with Crippen molar-refractivity contribution in [1.29, 1.82) is 0 Å². The average Bonchev–Trinajstić information content (AvgIpc) is 2.98. The average molecular weight is 341 g/mol. The molecular weight excluding hydrogens is 320 g/mol. The van der Waals surface area contributed by atoms with Gasteiger partial charge in [-0.05, 0) is 41.7 Å². The highest BCUT2D eigenvalue weighted by atomic mass is 35.5. The number of amides is 1. The number of hydrogen-bond donors (Lipinski definition) is 2. The third-order valence-electron chi connectivity index (χ3n) is 4.37. The van der Waals surface area contributed by atoms with Crippen LogP contribution in [0.15, 0.2) is 42.6 Å². The maximum Gasteiger partial charge on any atom is 0.228 e. The van der Waals surface area contributed by atoms with Gasteiger partial charge in [-0.25, -0.2) is 0 Å². The Hall–Kier alpha value is -2.26. The number of anilines is 1. The van der Waals surface area contributed by atoms with Crippen molar-refractivity contribution in [3.8, 4) is 0 Å². The van der Waals surface area contributed by atoms with Gasteiger partial charge in [-0.1, -0.05) is 49.7 Å². The molecule has 0 unspecified atom stereocenters. The molecule has 1 aromatic heterocycles. The second-order valence-corrected chi connectivity index (χ2v) is 6.26. The number of para-hydroxylation sites is 1. The Kier molecular flexibility index (Phi) is 4.91. The Morgan fingerprint density at radius 3 is 2.62 bits per heavy atom. The number of H-pyrrole nitrogens is 1. The number of halogens is 1. The molecule has 0 bridgehead atoms. The third-order valence-corrected chi connectivity index (χ3v) is 4.72. The van der Waals surface area contributed by atoms with Gasteiger partial charge in [0.15, 0.2) is 0 Å². The molecule has 3 nitrogen and oxygen atoms in total. The lowest BCUT2D eigenvalue weighted by Crippen LogP contribution is -2.17. The Morgan fingerprint density at radius 1 is 1.08 bits per heavy atom. The van der Waals surface area contributed by atoms with Gasteiger partial charge in [-0.3, -0.25) is 4.79 Å². The molecule has 3 rings (SSSR count). The maximum atomic E-state index is 12.6. The van der Waals surface area contributed by atoms with Crippen molar-refractivity contribution in [2.45, 2.75) is 33.1 Å². The first-order valence-corrected chi connectivity index (χ1v) is 8.66. The number of benzene rings is 2. The number of carbonyl (C=O) groups excluding carboxylic acids is 1. The van der Waals surface area contributed by atoms with Crippen LogP contribution in [0.3, 0.4) is 0 Å². The number of nitrogens with one attached hydrogen (secondary N) is 2. The zero-order chi connectivity index (χ0) is 17.1. The van der Waals surface area contributed by atoms with Gasteiger partial charge in [0.05, 0.1) is 6.42 Å². The molecule has 124 valence electrons. The fourth-order valence-corrected chi connectivity index (χ4v) is 3.39. The molecule has 1 amide bonds. The van der Waals surface area contributed by atoms with Gasteiger partial charge >= 0.3 is 0 Å². The van der Waals surface area contributed by atoms with Crippen LogP contribution in [0.4, 0.5) is 5.69 Å². The Morgan fingerprint density at radius 2 is 1.88 bits per heavy atom. The summed E-state index contributed by atoms with van der Waals surface area (Å²) >= 11 is 6.31. The number of aryl methyl sites for hydroxylation is 1. The number of aromatic amines is 1. The molecule has 0 aliphatic carbocycles. The normalized spacial score (nSPS) is 11.0. The van der Waals surface area contributed by atoms with Crippen LogP contribution in [-0.2, 0) is 24.1 Å². The molecule has 4 heteroatoms. The molecule has 0 radical (unpaired) electrons. The predicted octanol–water partition coefficient (Wildman–Crippen LogP) is 5.13. The maximum absolute atomic E-state index is 12.6.